The van der Waals surface area contributed by atoms with Gasteiger partial charge in [0.2, 0.25) is 0 Å². The highest BCUT2D eigenvalue weighted by Gasteiger charge is 2.70. The van der Waals surface area contributed by atoms with Crippen molar-refractivity contribution in [2.45, 2.75) is 210 Å². The Hall–Kier alpha value is -0.980. The first-order chi connectivity index (χ1) is 29.9. The molecule has 7 fully saturated rings. The van der Waals surface area contributed by atoms with E-state index in [1.807, 2.05) is 34.6 Å². The van der Waals surface area contributed by atoms with Gasteiger partial charge in [0, 0.05) is 0 Å². The third-order valence-corrected chi connectivity index (χ3v) is 17.6. The molecule has 7 rings (SSSR count). The minimum absolute atomic E-state index is 0.0296. The van der Waals surface area contributed by atoms with E-state index in [1.54, 1.807) is 0 Å². The average Bonchev–Trinajstić information content (AvgIpc) is 3.62. The molecule has 0 spiro atoms. The summed E-state index contributed by atoms with van der Waals surface area (Å²) in [5.41, 5.74) is -1.69. The largest absolute Gasteiger partial charge is 0.394 e. The number of ether oxygens (including phenoxy) is 6. The van der Waals surface area contributed by atoms with Crippen LogP contribution in [-0.2, 0) is 28.4 Å². The SMILES string of the molecule is CC(C)=CCC[C@](C)(O[C@@H]1O[C@H](CO)[C@@H](O)[C@H](O)[C@H]1O)[C@@H]1CC[C@@]2(C)[C@H]1[C@@H](O)C[C@H]1[C@@H]2C[C@@H](O[C@@H]2O[C@H](CO)[C@@H](O)[C@H](O)[C@H]2O[C@@H]2OC[C@@H](O)[C@H](O)[C@H]2O)[C@H]2C(C)(C)[C@@H](O)CC[C@]12C. The van der Waals surface area contributed by atoms with E-state index in [0.717, 1.165) is 5.57 Å². The van der Waals surface area contributed by atoms with Gasteiger partial charge in [-0.2, -0.15) is 0 Å². The quantitative estimate of drug-likeness (QED) is 0.0842. The molecule has 0 aromatic heterocycles. The number of hydrogen-bond donors (Lipinski definition) is 12. The molecule has 0 aromatic carbocycles. The van der Waals surface area contributed by atoms with Crippen molar-refractivity contribution >= 4 is 0 Å². The van der Waals surface area contributed by atoms with Crippen molar-refractivity contribution in [3.8, 4) is 0 Å². The topological polar surface area (TPSA) is 298 Å². The van der Waals surface area contributed by atoms with Crippen molar-refractivity contribution in [1.29, 1.82) is 0 Å². The summed E-state index contributed by atoms with van der Waals surface area (Å²) in [5.74, 6) is -1.06. The maximum absolute atomic E-state index is 12.6. The smallest absolute Gasteiger partial charge is 0.187 e. The first kappa shape index (κ1) is 50.9. The van der Waals surface area contributed by atoms with Gasteiger partial charge in [-0.05, 0) is 118 Å². The summed E-state index contributed by atoms with van der Waals surface area (Å²) in [6.07, 6.45) is -16.9. The van der Waals surface area contributed by atoms with Crippen LogP contribution < -0.4 is 0 Å². The summed E-state index contributed by atoms with van der Waals surface area (Å²) in [4.78, 5) is 0. The zero-order valence-corrected chi connectivity index (χ0v) is 38.4. The van der Waals surface area contributed by atoms with E-state index in [0.29, 0.717) is 51.4 Å². The molecule has 12 N–H and O–H groups in total. The number of rotatable bonds is 12. The van der Waals surface area contributed by atoms with Gasteiger partial charge in [0.25, 0.3) is 0 Å². The number of fused-ring (bicyclic) bond motifs is 5. The summed E-state index contributed by atoms with van der Waals surface area (Å²) in [7, 11) is 0. The van der Waals surface area contributed by atoms with Crippen LogP contribution >= 0.6 is 0 Å². The van der Waals surface area contributed by atoms with E-state index in [9.17, 15) is 61.3 Å². The van der Waals surface area contributed by atoms with Crippen molar-refractivity contribution < 1.29 is 89.7 Å². The summed E-state index contributed by atoms with van der Waals surface area (Å²) >= 11 is 0. The lowest BCUT2D eigenvalue weighted by Gasteiger charge is -2.68. The Morgan fingerprint density at radius 3 is 1.91 bits per heavy atom. The monoisotopic (exact) mass is 919 g/mol. The van der Waals surface area contributed by atoms with Gasteiger partial charge >= 0.3 is 0 Å². The zero-order valence-electron chi connectivity index (χ0n) is 38.4. The van der Waals surface area contributed by atoms with Crippen LogP contribution in [0.5, 0.6) is 0 Å². The number of allylic oxidation sites excluding steroid dienone is 2. The molecular weight excluding hydrogens is 840 g/mol. The van der Waals surface area contributed by atoms with Crippen LogP contribution in [0.15, 0.2) is 11.6 Å². The third-order valence-electron chi connectivity index (χ3n) is 17.6. The number of hydrogen-bond acceptors (Lipinski definition) is 18. The van der Waals surface area contributed by atoms with E-state index in [4.69, 9.17) is 28.4 Å². The lowest BCUT2D eigenvalue weighted by molar-refractivity contribution is -0.373. The molecule has 0 amide bonds. The van der Waals surface area contributed by atoms with Crippen molar-refractivity contribution in [1.82, 2.24) is 0 Å². The molecule has 18 nitrogen and oxygen atoms in total. The molecule has 3 aliphatic heterocycles. The molecule has 4 aliphatic carbocycles. The molecule has 0 bridgehead atoms. The maximum Gasteiger partial charge on any atom is 0.187 e. The average molecular weight is 919 g/mol. The predicted octanol–water partition coefficient (Wildman–Crippen LogP) is -0.807. The molecule has 0 aromatic rings. The molecule has 4 saturated carbocycles. The van der Waals surface area contributed by atoms with E-state index in [2.05, 4.69) is 19.9 Å². The first-order valence-electron chi connectivity index (χ1n) is 23.5. The van der Waals surface area contributed by atoms with Crippen LogP contribution in [-0.4, -0.2) is 191 Å². The third kappa shape index (κ3) is 8.80. The van der Waals surface area contributed by atoms with E-state index in [1.165, 1.54) is 0 Å². The molecule has 0 radical (unpaired) electrons. The predicted molar refractivity (Wildman–Crippen MR) is 224 cm³/mol. The minimum atomic E-state index is -1.73. The number of aliphatic hydroxyl groups excluding tert-OH is 12. The standard InChI is InChI=1S/C46H78O18/c1-20(2)9-8-12-46(7,64-41-37(58)34(55)32(53)27(17-47)61-41)21-10-13-44(5)23-16-26(39-43(3,4)29(51)11-14-45(39,6)22(23)15-24(49)30(21)44)60-42-38(35(56)33(54)28(18-48)62-42)63-40-36(57)31(52)25(50)19-59-40/h9,21-42,47-58H,8,10-19H2,1-7H3/t21-,22+,23+,24+,25-,26-,27-,28-,29+,30-,31+,32-,33-,34+,35+,36-,37-,38-,39+,40+,41+,42-,44-,45-,46+/m1/s1. The van der Waals surface area contributed by atoms with E-state index in [-0.39, 0.29) is 36.2 Å². The van der Waals surface area contributed by atoms with Gasteiger partial charge in [-0.3, -0.25) is 0 Å². The Kier molecular flexibility index (Phi) is 15.2. The highest BCUT2D eigenvalue weighted by molar-refractivity contribution is 5.18. The Morgan fingerprint density at radius 1 is 0.672 bits per heavy atom. The van der Waals surface area contributed by atoms with Gasteiger partial charge < -0.3 is 89.7 Å². The normalized spacial score (nSPS) is 52.5. The fourth-order valence-electron chi connectivity index (χ4n) is 14.1. The molecule has 64 heavy (non-hydrogen) atoms. The van der Waals surface area contributed by atoms with Crippen LogP contribution in [0.3, 0.4) is 0 Å². The summed E-state index contributed by atoms with van der Waals surface area (Å²) in [5, 5.41) is 131. The van der Waals surface area contributed by atoms with Crippen molar-refractivity contribution in [2.24, 2.45) is 45.8 Å². The zero-order chi connectivity index (χ0) is 47.0. The molecule has 7 aliphatic rings. The lowest BCUT2D eigenvalue weighted by atomic mass is 9.39. The molecule has 0 unspecified atom stereocenters. The van der Waals surface area contributed by atoms with Crippen molar-refractivity contribution in [3.63, 3.8) is 0 Å². The molecule has 18 heteroatoms. The van der Waals surface area contributed by atoms with Gasteiger partial charge in [-0.15, -0.1) is 0 Å². The van der Waals surface area contributed by atoms with Crippen LogP contribution in [0.4, 0.5) is 0 Å². The number of aliphatic hydroxyl groups is 12. The van der Waals surface area contributed by atoms with Gasteiger partial charge in [-0.25, -0.2) is 0 Å². The van der Waals surface area contributed by atoms with Crippen LogP contribution in [0.1, 0.15) is 99.8 Å². The maximum atomic E-state index is 12.6. The van der Waals surface area contributed by atoms with E-state index >= 15 is 0 Å². The fraction of sp³-hybridized carbons (Fsp3) is 0.957. The van der Waals surface area contributed by atoms with Gasteiger partial charge in [0.1, 0.15) is 67.1 Å². The second-order valence-electron chi connectivity index (χ2n) is 22.0. The Balaban J connectivity index is 1.24. The van der Waals surface area contributed by atoms with Gasteiger partial charge in [-0.1, -0.05) is 39.3 Å². The fourth-order valence-corrected chi connectivity index (χ4v) is 14.1. The summed E-state index contributed by atoms with van der Waals surface area (Å²) < 4.78 is 37.5. The Bertz CT molecular complexity index is 1610. The van der Waals surface area contributed by atoms with Crippen LogP contribution in [0, 0.1) is 45.8 Å². The molecule has 3 saturated heterocycles. The highest BCUT2D eigenvalue weighted by atomic mass is 16.8. The Morgan fingerprint density at radius 2 is 1.27 bits per heavy atom. The summed E-state index contributed by atoms with van der Waals surface area (Å²) in [6, 6.07) is 0. The molecule has 25 atom stereocenters. The van der Waals surface area contributed by atoms with Crippen molar-refractivity contribution in [2.75, 3.05) is 19.8 Å². The first-order valence-corrected chi connectivity index (χ1v) is 23.5. The minimum Gasteiger partial charge on any atom is -0.394 e. The highest BCUT2D eigenvalue weighted by Crippen LogP contribution is 2.72. The summed E-state index contributed by atoms with van der Waals surface area (Å²) in [6.45, 7) is 12.7. The van der Waals surface area contributed by atoms with Gasteiger partial charge in [0.15, 0.2) is 18.9 Å². The Labute approximate surface area is 376 Å². The van der Waals surface area contributed by atoms with E-state index < -0.39 is 139 Å². The van der Waals surface area contributed by atoms with Crippen LogP contribution in [0.25, 0.3) is 0 Å². The second kappa shape index (κ2) is 19.1. The van der Waals surface area contributed by atoms with Crippen molar-refractivity contribution in [3.05, 3.63) is 11.6 Å². The lowest BCUT2D eigenvalue weighted by Crippen LogP contribution is -2.68. The molecule has 3 heterocycles. The second-order valence-corrected chi connectivity index (χ2v) is 22.0. The van der Waals surface area contributed by atoms with Crippen LogP contribution in [0.2, 0.25) is 0 Å². The molecular formula is C46H78O18. The molecule has 370 valence electrons. The van der Waals surface area contributed by atoms with Gasteiger partial charge in [0.05, 0.1) is 43.7 Å².